The van der Waals surface area contributed by atoms with Crippen LogP contribution < -0.4 is 10.6 Å². The Kier molecular flexibility index (Phi) is 3.84. The Morgan fingerprint density at radius 1 is 0.900 bits per heavy atom. The molecule has 0 spiro atoms. The number of nitrogens with two attached hydrogens (primary N) is 1. The third-order valence-corrected chi connectivity index (χ3v) is 3.08. The van der Waals surface area contributed by atoms with Gasteiger partial charge in [0.15, 0.2) is 5.78 Å². The monoisotopic (exact) mass is 268 g/mol. The van der Waals surface area contributed by atoms with E-state index in [2.05, 4.69) is 0 Å². The van der Waals surface area contributed by atoms with Crippen molar-refractivity contribution in [3.05, 3.63) is 65.2 Å². The van der Waals surface area contributed by atoms with Gasteiger partial charge in [-0.05, 0) is 30.3 Å². The average molecular weight is 268 g/mol. The lowest BCUT2D eigenvalue weighted by molar-refractivity contribution is 0.0981. The van der Waals surface area contributed by atoms with Crippen LogP contribution in [0.4, 0.5) is 5.69 Å². The molecule has 4 heteroatoms. The van der Waals surface area contributed by atoms with Gasteiger partial charge < -0.3 is 10.6 Å². The van der Waals surface area contributed by atoms with Gasteiger partial charge in [0.2, 0.25) is 5.91 Å². The number of primary amides is 1. The molecule has 2 N–H and O–H groups in total. The number of anilines is 1. The molecule has 20 heavy (non-hydrogen) atoms. The topological polar surface area (TPSA) is 63.4 Å². The third kappa shape index (κ3) is 2.69. The van der Waals surface area contributed by atoms with Gasteiger partial charge in [0.05, 0.1) is 5.56 Å². The summed E-state index contributed by atoms with van der Waals surface area (Å²) in [5.41, 5.74) is 7.41. The molecule has 102 valence electrons. The third-order valence-electron chi connectivity index (χ3n) is 3.08. The van der Waals surface area contributed by atoms with Crippen LogP contribution in [0, 0.1) is 0 Å². The van der Waals surface area contributed by atoms with E-state index in [0.29, 0.717) is 11.1 Å². The number of nitrogens with zero attached hydrogens (tertiary/aromatic N) is 1. The van der Waals surface area contributed by atoms with Crippen LogP contribution in [0.2, 0.25) is 0 Å². The highest BCUT2D eigenvalue weighted by atomic mass is 16.1. The first-order valence-corrected chi connectivity index (χ1v) is 6.21. The van der Waals surface area contributed by atoms with E-state index in [-0.39, 0.29) is 11.3 Å². The lowest BCUT2D eigenvalue weighted by Gasteiger charge is -2.12. The van der Waals surface area contributed by atoms with Crippen LogP contribution in [0.3, 0.4) is 0 Å². The zero-order valence-corrected chi connectivity index (χ0v) is 11.5. The lowest BCUT2D eigenvalue weighted by atomic mass is 9.98. The van der Waals surface area contributed by atoms with Crippen LogP contribution >= 0.6 is 0 Å². The summed E-state index contributed by atoms with van der Waals surface area (Å²) in [6.07, 6.45) is 0. The van der Waals surface area contributed by atoms with Gasteiger partial charge in [0.1, 0.15) is 0 Å². The van der Waals surface area contributed by atoms with Crippen LogP contribution in [0.1, 0.15) is 26.3 Å². The summed E-state index contributed by atoms with van der Waals surface area (Å²) in [7, 11) is 3.86. The fourth-order valence-electron chi connectivity index (χ4n) is 1.96. The molecule has 2 aromatic carbocycles. The number of hydrogen-bond acceptors (Lipinski definition) is 3. The first-order valence-electron chi connectivity index (χ1n) is 6.21. The summed E-state index contributed by atoms with van der Waals surface area (Å²) < 4.78 is 0. The Bertz CT molecular complexity index is 646. The van der Waals surface area contributed by atoms with Crippen molar-refractivity contribution in [3.63, 3.8) is 0 Å². The highest BCUT2D eigenvalue weighted by Crippen LogP contribution is 2.17. The minimum Gasteiger partial charge on any atom is -0.378 e. The number of hydrogen-bond donors (Lipinski definition) is 1. The van der Waals surface area contributed by atoms with E-state index in [0.717, 1.165) is 5.69 Å². The van der Waals surface area contributed by atoms with Crippen molar-refractivity contribution in [3.8, 4) is 0 Å². The number of rotatable bonds is 4. The molecule has 0 fully saturated rings. The van der Waals surface area contributed by atoms with Crippen molar-refractivity contribution in [2.75, 3.05) is 19.0 Å². The van der Waals surface area contributed by atoms with Gasteiger partial charge in [0.25, 0.3) is 0 Å². The van der Waals surface area contributed by atoms with Gasteiger partial charge in [0, 0.05) is 30.9 Å². The Morgan fingerprint density at radius 2 is 1.45 bits per heavy atom. The zero-order valence-electron chi connectivity index (χ0n) is 11.5. The Morgan fingerprint density at radius 3 is 1.95 bits per heavy atom. The molecule has 0 saturated carbocycles. The Hall–Kier alpha value is -2.62. The summed E-state index contributed by atoms with van der Waals surface area (Å²) in [4.78, 5) is 25.7. The van der Waals surface area contributed by atoms with E-state index < -0.39 is 5.91 Å². The molecule has 0 unspecified atom stereocenters. The van der Waals surface area contributed by atoms with Crippen LogP contribution in [-0.4, -0.2) is 25.8 Å². The fraction of sp³-hybridized carbons (Fsp3) is 0.125. The highest BCUT2D eigenvalue weighted by Gasteiger charge is 2.16. The summed E-state index contributed by atoms with van der Waals surface area (Å²) in [5, 5.41) is 0. The predicted molar refractivity (Wildman–Crippen MR) is 79.2 cm³/mol. The summed E-state index contributed by atoms with van der Waals surface area (Å²) in [6, 6.07) is 13.8. The maximum Gasteiger partial charge on any atom is 0.249 e. The molecule has 0 heterocycles. The van der Waals surface area contributed by atoms with Crippen molar-refractivity contribution >= 4 is 17.4 Å². The standard InChI is InChI=1S/C16H16N2O2/c1-18(2)12-9-7-11(8-10-12)15(19)13-5-3-4-6-14(13)16(17)20/h3-10H,1-2H3,(H2,17,20). The molecule has 0 atom stereocenters. The number of carbonyl (C=O) groups excluding carboxylic acids is 2. The van der Waals surface area contributed by atoms with E-state index in [1.54, 1.807) is 36.4 Å². The Labute approximate surface area is 117 Å². The molecule has 0 aliphatic heterocycles. The van der Waals surface area contributed by atoms with Gasteiger partial charge in [-0.1, -0.05) is 18.2 Å². The molecule has 4 nitrogen and oxygen atoms in total. The number of benzene rings is 2. The summed E-state index contributed by atoms with van der Waals surface area (Å²) >= 11 is 0. The first kappa shape index (κ1) is 13.8. The van der Waals surface area contributed by atoms with Crippen molar-refractivity contribution in [1.82, 2.24) is 0 Å². The number of carbonyl (C=O) groups is 2. The van der Waals surface area contributed by atoms with Gasteiger partial charge in [-0.25, -0.2) is 0 Å². The molecular weight excluding hydrogens is 252 g/mol. The summed E-state index contributed by atoms with van der Waals surface area (Å²) in [6.45, 7) is 0. The van der Waals surface area contributed by atoms with Crippen molar-refractivity contribution in [2.45, 2.75) is 0 Å². The smallest absolute Gasteiger partial charge is 0.249 e. The minimum absolute atomic E-state index is 0.204. The maximum absolute atomic E-state index is 12.4. The molecular formula is C16H16N2O2. The molecule has 2 rings (SSSR count). The normalized spacial score (nSPS) is 10.1. The fourth-order valence-corrected chi connectivity index (χ4v) is 1.96. The van der Waals surface area contributed by atoms with E-state index in [4.69, 9.17) is 5.73 Å². The lowest BCUT2D eigenvalue weighted by Crippen LogP contribution is -2.16. The highest BCUT2D eigenvalue weighted by molar-refractivity contribution is 6.15. The van der Waals surface area contributed by atoms with E-state index in [9.17, 15) is 9.59 Å². The second kappa shape index (κ2) is 5.57. The summed E-state index contributed by atoms with van der Waals surface area (Å²) in [5.74, 6) is -0.802. The SMILES string of the molecule is CN(C)c1ccc(C(=O)c2ccccc2C(N)=O)cc1. The zero-order chi connectivity index (χ0) is 14.7. The minimum atomic E-state index is -0.598. The first-order chi connectivity index (χ1) is 9.50. The van der Waals surface area contributed by atoms with Crippen molar-refractivity contribution < 1.29 is 9.59 Å². The number of ketones is 1. The molecule has 1 amide bonds. The molecule has 0 aliphatic carbocycles. The van der Waals surface area contributed by atoms with E-state index >= 15 is 0 Å². The van der Waals surface area contributed by atoms with E-state index in [1.807, 2.05) is 31.1 Å². The van der Waals surface area contributed by atoms with Gasteiger partial charge >= 0.3 is 0 Å². The average Bonchev–Trinajstić information content (AvgIpc) is 2.46. The molecule has 0 radical (unpaired) electrons. The Balaban J connectivity index is 2.39. The molecule has 0 aliphatic rings. The van der Waals surface area contributed by atoms with Crippen LogP contribution in [-0.2, 0) is 0 Å². The second-order valence-corrected chi connectivity index (χ2v) is 4.68. The predicted octanol–water partition coefficient (Wildman–Crippen LogP) is 2.08. The van der Waals surface area contributed by atoms with E-state index in [1.165, 1.54) is 0 Å². The van der Waals surface area contributed by atoms with Crippen LogP contribution in [0.15, 0.2) is 48.5 Å². The van der Waals surface area contributed by atoms with Gasteiger partial charge in [-0.3, -0.25) is 9.59 Å². The molecule has 0 saturated heterocycles. The van der Waals surface area contributed by atoms with Crippen molar-refractivity contribution in [1.29, 1.82) is 0 Å². The second-order valence-electron chi connectivity index (χ2n) is 4.68. The van der Waals surface area contributed by atoms with Crippen LogP contribution in [0.25, 0.3) is 0 Å². The molecule has 0 aromatic heterocycles. The quantitative estimate of drug-likeness (QED) is 0.863. The molecule has 0 bridgehead atoms. The maximum atomic E-state index is 12.4. The number of amides is 1. The van der Waals surface area contributed by atoms with Crippen LogP contribution in [0.5, 0.6) is 0 Å². The van der Waals surface area contributed by atoms with Crippen molar-refractivity contribution in [2.24, 2.45) is 5.73 Å². The largest absolute Gasteiger partial charge is 0.378 e. The van der Waals surface area contributed by atoms with Gasteiger partial charge in [-0.15, -0.1) is 0 Å². The van der Waals surface area contributed by atoms with Gasteiger partial charge in [-0.2, -0.15) is 0 Å². The molecule has 2 aromatic rings.